The van der Waals surface area contributed by atoms with E-state index in [0.717, 1.165) is 12.8 Å². The van der Waals surface area contributed by atoms with Gasteiger partial charge in [0.05, 0.1) is 6.42 Å². The van der Waals surface area contributed by atoms with Gasteiger partial charge in [-0.3, -0.25) is 4.79 Å². The van der Waals surface area contributed by atoms with Crippen molar-refractivity contribution in [2.45, 2.75) is 31.4 Å². The molecule has 1 unspecified atom stereocenters. The van der Waals surface area contributed by atoms with Crippen LogP contribution in [0.2, 0.25) is 0 Å². The summed E-state index contributed by atoms with van der Waals surface area (Å²) in [6.45, 7) is 2.07. The molecule has 0 bridgehead atoms. The summed E-state index contributed by atoms with van der Waals surface area (Å²) in [5, 5.41) is 8.74. The van der Waals surface area contributed by atoms with Crippen molar-refractivity contribution in [3.05, 3.63) is 0 Å². The maximum atomic E-state index is 10.2. The summed E-state index contributed by atoms with van der Waals surface area (Å²) in [4.78, 5) is 10.2. The number of carboxylic acids is 1. The van der Waals surface area contributed by atoms with Gasteiger partial charge in [0, 0.05) is 5.25 Å². The Morgan fingerprint density at radius 1 is 1.70 bits per heavy atom. The van der Waals surface area contributed by atoms with E-state index in [1.165, 1.54) is 0 Å². The Morgan fingerprint density at radius 3 is 2.60 bits per heavy atom. The molecule has 1 N–H and O–H groups in total. The van der Waals surface area contributed by atoms with Gasteiger partial charge in [-0.1, -0.05) is 13.3 Å². The molecule has 0 amide bonds. The third-order valence-electron chi connectivity index (χ3n) is 1.35. The third-order valence-corrected chi connectivity index (χ3v) is 2.42. The van der Waals surface area contributed by atoms with E-state index in [4.69, 9.17) is 5.11 Å². The highest BCUT2D eigenvalue weighted by Gasteiger charge is 2.09. The van der Waals surface area contributed by atoms with Gasteiger partial charge >= 0.3 is 5.97 Å². The molecule has 0 spiro atoms. The monoisotopic (exact) mass is 162 g/mol. The second-order valence-electron chi connectivity index (χ2n) is 2.24. The van der Waals surface area contributed by atoms with Crippen LogP contribution in [-0.2, 0) is 4.79 Å². The summed E-state index contributed by atoms with van der Waals surface area (Å²) in [6.07, 6.45) is 4.34. The molecule has 0 aromatic carbocycles. The largest absolute Gasteiger partial charge is 0.481 e. The number of carboxylic acid groups (broad SMARTS) is 1. The molecule has 0 aromatic rings. The Bertz CT molecular complexity index is 104. The van der Waals surface area contributed by atoms with E-state index in [9.17, 15) is 4.79 Å². The summed E-state index contributed by atoms with van der Waals surface area (Å²) in [6, 6.07) is 0. The number of hydrogen-bond acceptors (Lipinski definition) is 2. The van der Waals surface area contributed by atoms with Crippen LogP contribution in [0.1, 0.15) is 26.2 Å². The molecule has 0 rings (SSSR count). The van der Waals surface area contributed by atoms with Crippen molar-refractivity contribution in [3.8, 4) is 0 Å². The van der Waals surface area contributed by atoms with Gasteiger partial charge in [0.15, 0.2) is 0 Å². The van der Waals surface area contributed by atoms with E-state index >= 15 is 0 Å². The van der Waals surface area contributed by atoms with E-state index in [1.807, 2.05) is 6.26 Å². The predicted octanol–water partition coefficient (Wildman–Crippen LogP) is 1.99. The molecular weight excluding hydrogens is 148 g/mol. The van der Waals surface area contributed by atoms with Crippen molar-refractivity contribution in [1.29, 1.82) is 0 Å². The average molecular weight is 162 g/mol. The smallest absolute Gasteiger partial charge is 0.304 e. The van der Waals surface area contributed by atoms with Gasteiger partial charge in [0.2, 0.25) is 0 Å². The van der Waals surface area contributed by atoms with Gasteiger partial charge in [-0.2, -0.15) is 11.8 Å². The summed E-state index contributed by atoms with van der Waals surface area (Å²) in [5.74, 6) is -0.687. The summed E-state index contributed by atoms with van der Waals surface area (Å²) in [7, 11) is 0. The highest BCUT2D eigenvalue weighted by atomic mass is 32.2. The second-order valence-corrected chi connectivity index (χ2v) is 3.38. The summed E-state index contributed by atoms with van der Waals surface area (Å²) in [5.41, 5.74) is 0. The molecule has 0 radical (unpaired) electrons. The fourth-order valence-electron chi connectivity index (χ4n) is 0.820. The molecule has 0 fully saturated rings. The highest BCUT2D eigenvalue weighted by molar-refractivity contribution is 7.99. The van der Waals surface area contributed by atoms with Gasteiger partial charge in [0.1, 0.15) is 0 Å². The molecule has 0 heterocycles. The quantitative estimate of drug-likeness (QED) is 0.671. The minimum Gasteiger partial charge on any atom is -0.481 e. The van der Waals surface area contributed by atoms with Crippen molar-refractivity contribution < 1.29 is 9.90 Å². The minimum atomic E-state index is -0.687. The van der Waals surface area contributed by atoms with Crippen molar-refractivity contribution in [3.63, 3.8) is 0 Å². The summed E-state index contributed by atoms with van der Waals surface area (Å²) < 4.78 is 0. The van der Waals surface area contributed by atoms with Crippen LogP contribution in [-0.4, -0.2) is 22.6 Å². The average Bonchev–Trinajstić information content (AvgIpc) is 1.86. The lowest BCUT2D eigenvalue weighted by atomic mass is 10.2. The van der Waals surface area contributed by atoms with Crippen LogP contribution in [0.3, 0.4) is 0 Å². The van der Waals surface area contributed by atoms with E-state index < -0.39 is 5.97 Å². The van der Waals surface area contributed by atoms with Crippen LogP contribution < -0.4 is 0 Å². The van der Waals surface area contributed by atoms with Crippen molar-refractivity contribution in [2.24, 2.45) is 0 Å². The second kappa shape index (κ2) is 5.59. The summed E-state index contributed by atoms with van der Waals surface area (Å²) >= 11 is 1.64. The molecule has 0 saturated heterocycles. The molecule has 0 aromatic heterocycles. The lowest BCUT2D eigenvalue weighted by molar-refractivity contribution is -0.137. The molecule has 3 heteroatoms. The van der Waals surface area contributed by atoms with Gasteiger partial charge in [0.25, 0.3) is 0 Å². The number of rotatable bonds is 5. The molecular formula is C7H14O2S. The first-order valence-electron chi connectivity index (χ1n) is 3.45. The zero-order chi connectivity index (χ0) is 7.98. The fourth-order valence-corrected chi connectivity index (χ4v) is 1.60. The van der Waals surface area contributed by atoms with Crippen LogP contribution >= 0.6 is 11.8 Å². The highest BCUT2D eigenvalue weighted by Crippen LogP contribution is 2.16. The molecule has 10 heavy (non-hydrogen) atoms. The SMILES string of the molecule is CCCC(CC(=O)O)SC. The van der Waals surface area contributed by atoms with Gasteiger partial charge in [-0.05, 0) is 12.7 Å². The van der Waals surface area contributed by atoms with E-state index in [0.29, 0.717) is 11.7 Å². The van der Waals surface area contributed by atoms with Crippen molar-refractivity contribution >= 4 is 17.7 Å². The van der Waals surface area contributed by atoms with Gasteiger partial charge in [-0.15, -0.1) is 0 Å². The zero-order valence-corrected chi connectivity index (χ0v) is 7.28. The molecule has 0 aliphatic carbocycles. The van der Waals surface area contributed by atoms with E-state index in [1.54, 1.807) is 11.8 Å². The zero-order valence-electron chi connectivity index (χ0n) is 6.46. The maximum absolute atomic E-state index is 10.2. The van der Waals surface area contributed by atoms with E-state index in [2.05, 4.69) is 6.92 Å². The maximum Gasteiger partial charge on any atom is 0.304 e. The number of aliphatic carboxylic acids is 1. The minimum absolute atomic E-state index is 0.301. The lowest BCUT2D eigenvalue weighted by Gasteiger charge is -2.08. The molecule has 0 aliphatic rings. The van der Waals surface area contributed by atoms with Crippen LogP contribution in [0.5, 0.6) is 0 Å². The Morgan fingerprint density at radius 2 is 2.30 bits per heavy atom. The van der Waals surface area contributed by atoms with Crippen molar-refractivity contribution in [1.82, 2.24) is 0 Å². The molecule has 60 valence electrons. The topological polar surface area (TPSA) is 37.3 Å². The number of carbonyl (C=O) groups is 1. The Labute approximate surface area is 66.0 Å². The number of hydrogen-bond donors (Lipinski definition) is 1. The lowest BCUT2D eigenvalue weighted by Crippen LogP contribution is -2.08. The molecule has 0 aliphatic heterocycles. The molecule has 2 nitrogen and oxygen atoms in total. The van der Waals surface area contributed by atoms with Crippen LogP contribution in [0.4, 0.5) is 0 Å². The standard InChI is InChI=1S/C7H14O2S/c1-3-4-6(10-2)5-7(8)9/h6H,3-5H2,1-2H3,(H,8,9). The predicted molar refractivity (Wildman–Crippen MR) is 44.5 cm³/mol. The number of thioether (sulfide) groups is 1. The Hall–Kier alpha value is -0.180. The Balaban J connectivity index is 3.49. The normalized spacial score (nSPS) is 13.0. The van der Waals surface area contributed by atoms with Crippen LogP contribution in [0.15, 0.2) is 0 Å². The first kappa shape index (κ1) is 9.82. The van der Waals surface area contributed by atoms with Gasteiger partial charge < -0.3 is 5.11 Å². The first-order chi connectivity index (χ1) is 4.70. The molecule has 0 saturated carbocycles. The first-order valence-corrected chi connectivity index (χ1v) is 4.74. The van der Waals surface area contributed by atoms with Crippen LogP contribution in [0, 0.1) is 0 Å². The Kier molecular flexibility index (Phi) is 5.49. The fraction of sp³-hybridized carbons (Fsp3) is 0.857. The van der Waals surface area contributed by atoms with Gasteiger partial charge in [-0.25, -0.2) is 0 Å². The molecule has 1 atom stereocenters. The van der Waals surface area contributed by atoms with E-state index in [-0.39, 0.29) is 0 Å². The third kappa shape index (κ3) is 4.68. The van der Waals surface area contributed by atoms with Crippen molar-refractivity contribution in [2.75, 3.05) is 6.26 Å². The van der Waals surface area contributed by atoms with Crippen LogP contribution in [0.25, 0.3) is 0 Å².